The van der Waals surface area contributed by atoms with E-state index in [2.05, 4.69) is 15.2 Å². The summed E-state index contributed by atoms with van der Waals surface area (Å²) in [5.41, 5.74) is 2.41. The van der Waals surface area contributed by atoms with Crippen molar-refractivity contribution in [3.63, 3.8) is 0 Å². The first kappa shape index (κ1) is 16.9. The number of likely N-dealkylation sites (tertiary alicyclic amines) is 1. The Bertz CT molecular complexity index is 484. The third kappa shape index (κ3) is 4.78. The first-order valence-electron chi connectivity index (χ1n) is 8.18. The Hall–Kier alpha value is -1.46. The molecule has 0 saturated carbocycles. The van der Waals surface area contributed by atoms with Crippen LogP contribution < -0.4 is 5.32 Å². The molecular formula is C17H27N3O2. The second kappa shape index (κ2) is 8.25. The van der Waals surface area contributed by atoms with Crippen molar-refractivity contribution in [2.45, 2.75) is 45.6 Å². The average molecular weight is 305 g/mol. The number of nitrogens with one attached hydrogen (secondary N) is 1. The number of piperidine rings is 1. The lowest BCUT2D eigenvalue weighted by molar-refractivity contribution is 0.0868. The smallest absolute Gasteiger partial charge is 0.251 e. The maximum Gasteiger partial charge on any atom is 0.251 e. The Balaban J connectivity index is 1.75. The van der Waals surface area contributed by atoms with Crippen LogP contribution in [0.5, 0.6) is 0 Å². The summed E-state index contributed by atoms with van der Waals surface area (Å²) >= 11 is 0. The van der Waals surface area contributed by atoms with Gasteiger partial charge in [0.15, 0.2) is 0 Å². The largest absolute Gasteiger partial charge is 0.395 e. The van der Waals surface area contributed by atoms with Crippen molar-refractivity contribution in [2.75, 3.05) is 26.2 Å². The van der Waals surface area contributed by atoms with Crippen molar-refractivity contribution in [3.05, 3.63) is 29.1 Å². The zero-order valence-corrected chi connectivity index (χ0v) is 13.6. The summed E-state index contributed by atoms with van der Waals surface area (Å²) < 4.78 is 0. The van der Waals surface area contributed by atoms with E-state index in [0.717, 1.165) is 37.3 Å². The maximum absolute atomic E-state index is 12.1. The molecule has 5 heteroatoms. The number of aliphatic hydroxyl groups is 1. The van der Waals surface area contributed by atoms with Gasteiger partial charge in [-0.1, -0.05) is 6.42 Å². The fourth-order valence-corrected chi connectivity index (χ4v) is 3.11. The molecule has 1 aliphatic heterocycles. The molecular weight excluding hydrogens is 278 g/mol. The molecule has 0 radical (unpaired) electrons. The van der Waals surface area contributed by atoms with Crippen LogP contribution in [0.4, 0.5) is 0 Å². The molecule has 0 aromatic carbocycles. The number of aliphatic hydroxyl groups excluding tert-OH is 1. The summed E-state index contributed by atoms with van der Waals surface area (Å²) in [5.74, 6) is -0.0362. The summed E-state index contributed by atoms with van der Waals surface area (Å²) in [7, 11) is 0. The fourth-order valence-electron chi connectivity index (χ4n) is 3.11. The van der Waals surface area contributed by atoms with Crippen molar-refractivity contribution in [1.29, 1.82) is 0 Å². The molecule has 2 heterocycles. The summed E-state index contributed by atoms with van der Waals surface area (Å²) in [6.45, 7) is 6.68. The molecule has 1 atom stereocenters. The Morgan fingerprint density at radius 3 is 2.77 bits per heavy atom. The molecule has 22 heavy (non-hydrogen) atoms. The van der Waals surface area contributed by atoms with E-state index in [9.17, 15) is 9.90 Å². The molecule has 0 unspecified atom stereocenters. The van der Waals surface area contributed by atoms with Crippen LogP contribution in [0.1, 0.15) is 47.4 Å². The number of amides is 1. The van der Waals surface area contributed by atoms with Crippen LogP contribution in [0.15, 0.2) is 12.1 Å². The Kier molecular flexibility index (Phi) is 6.34. The minimum atomic E-state index is -0.0362. The fraction of sp³-hybridized carbons (Fsp3) is 0.647. The predicted molar refractivity (Wildman–Crippen MR) is 87.0 cm³/mol. The van der Waals surface area contributed by atoms with E-state index in [1.54, 1.807) is 0 Å². The van der Waals surface area contributed by atoms with Gasteiger partial charge in [-0.25, -0.2) is 0 Å². The Morgan fingerprint density at radius 1 is 1.36 bits per heavy atom. The Labute approximate surface area is 132 Å². The number of hydrogen-bond donors (Lipinski definition) is 2. The quantitative estimate of drug-likeness (QED) is 0.785. The summed E-state index contributed by atoms with van der Waals surface area (Å²) in [4.78, 5) is 18.8. The number of carbonyl (C=O) groups excluding carboxylic acids is 1. The number of rotatable bonds is 6. The van der Waals surface area contributed by atoms with E-state index in [4.69, 9.17) is 0 Å². The molecule has 1 amide bonds. The highest BCUT2D eigenvalue weighted by atomic mass is 16.3. The molecule has 5 nitrogen and oxygen atoms in total. The van der Waals surface area contributed by atoms with E-state index in [1.807, 2.05) is 26.0 Å². The van der Waals surface area contributed by atoms with Gasteiger partial charge in [-0.05, 0) is 51.8 Å². The molecule has 1 aromatic heterocycles. The van der Waals surface area contributed by atoms with E-state index in [-0.39, 0.29) is 12.5 Å². The van der Waals surface area contributed by atoms with Gasteiger partial charge in [0.05, 0.1) is 6.61 Å². The van der Waals surface area contributed by atoms with Crippen LogP contribution in [0.2, 0.25) is 0 Å². The molecule has 0 aliphatic carbocycles. The molecule has 1 saturated heterocycles. The SMILES string of the molecule is Cc1cc(C(=O)NCCCN2CCCC[C@H]2CO)cc(C)n1. The second-order valence-corrected chi connectivity index (χ2v) is 6.12. The van der Waals surface area contributed by atoms with Crippen LogP contribution in [0.3, 0.4) is 0 Å². The van der Waals surface area contributed by atoms with E-state index >= 15 is 0 Å². The molecule has 2 N–H and O–H groups in total. The van der Waals surface area contributed by atoms with Crippen LogP contribution >= 0.6 is 0 Å². The summed E-state index contributed by atoms with van der Waals surface area (Å²) in [6.07, 6.45) is 4.40. The van der Waals surface area contributed by atoms with Gasteiger partial charge in [0.25, 0.3) is 5.91 Å². The minimum absolute atomic E-state index is 0.0362. The minimum Gasteiger partial charge on any atom is -0.395 e. The maximum atomic E-state index is 12.1. The summed E-state index contributed by atoms with van der Waals surface area (Å²) in [6, 6.07) is 3.93. The molecule has 2 rings (SSSR count). The van der Waals surface area contributed by atoms with Crippen LogP contribution in [-0.2, 0) is 0 Å². The predicted octanol–water partition coefficient (Wildman–Crippen LogP) is 1.67. The highest BCUT2D eigenvalue weighted by molar-refractivity contribution is 5.94. The van der Waals surface area contributed by atoms with E-state index in [0.29, 0.717) is 18.2 Å². The van der Waals surface area contributed by atoms with Gasteiger partial charge >= 0.3 is 0 Å². The van der Waals surface area contributed by atoms with Crippen molar-refractivity contribution in [3.8, 4) is 0 Å². The second-order valence-electron chi connectivity index (χ2n) is 6.12. The average Bonchev–Trinajstić information content (AvgIpc) is 2.50. The molecule has 0 bridgehead atoms. The zero-order chi connectivity index (χ0) is 15.9. The number of pyridine rings is 1. The number of carbonyl (C=O) groups is 1. The lowest BCUT2D eigenvalue weighted by atomic mass is 10.0. The first-order valence-corrected chi connectivity index (χ1v) is 8.18. The molecule has 1 aliphatic rings. The first-order chi connectivity index (χ1) is 10.6. The lowest BCUT2D eigenvalue weighted by Gasteiger charge is -2.34. The molecule has 1 fully saturated rings. The Morgan fingerprint density at radius 2 is 2.09 bits per heavy atom. The highest BCUT2D eigenvalue weighted by Crippen LogP contribution is 2.16. The molecule has 1 aromatic rings. The van der Waals surface area contributed by atoms with Gasteiger partial charge in [0, 0.05) is 36.1 Å². The van der Waals surface area contributed by atoms with Crippen molar-refractivity contribution < 1.29 is 9.90 Å². The molecule has 122 valence electrons. The third-order valence-corrected chi connectivity index (χ3v) is 4.21. The van der Waals surface area contributed by atoms with Gasteiger partial charge in [-0.15, -0.1) is 0 Å². The standard InChI is InChI=1S/C17H27N3O2/c1-13-10-15(11-14(2)19-13)17(22)18-7-5-9-20-8-4-3-6-16(20)12-21/h10-11,16,21H,3-9,12H2,1-2H3,(H,18,22)/t16-/m0/s1. The number of hydrogen-bond acceptors (Lipinski definition) is 4. The molecule has 0 spiro atoms. The lowest BCUT2D eigenvalue weighted by Crippen LogP contribution is -2.43. The normalized spacial score (nSPS) is 19.1. The van der Waals surface area contributed by atoms with Crippen molar-refractivity contribution in [2.24, 2.45) is 0 Å². The third-order valence-electron chi connectivity index (χ3n) is 4.21. The van der Waals surface area contributed by atoms with Crippen molar-refractivity contribution in [1.82, 2.24) is 15.2 Å². The van der Waals surface area contributed by atoms with Gasteiger partial charge in [-0.2, -0.15) is 0 Å². The van der Waals surface area contributed by atoms with Gasteiger partial charge < -0.3 is 10.4 Å². The van der Waals surface area contributed by atoms with Crippen molar-refractivity contribution >= 4 is 5.91 Å². The van der Waals surface area contributed by atoms with Gasteiger partial charge in [0.2, 0.25) is 0 Å². The van der Waals surface area contributed by atoms with Crippen LogP contribution in [0.25, 0.3) is 0 Å². The van der Waals surface area contributed by atoms with Gasteiger partial charge in [-0.3, -0.25) is 14.7 Å². The number of aryl methyl sites for hydroxylation is 2. The van der Waals surface area contributed by atoms with Crippen LogP contribution in [-0.4, -0.2) is 53.2 Å². The monoisotopic (exact) mass is 305 g/mol. The van der Waals surface area contributed by atoms with E-state index < -0.39 is 0 Å². The highest BCUT2D eigenvalue weighted by Gasteiger charge is 2.20. The van der Waals surface area contributed by atoms with Crippen LogP contribution in [0, 0.1) is 13.8 Å². The zero-order valence-electron chi connectivity index (χ0n) is 13.6. The number of aromatic nitrogens is 1. The topological polar surface area (TPSA) is 65.5 Å². The number of nitrogens with zero attached hydrogens (tertiary/aromatic N) is 2. The van der Waals surface area contributed by atoms with Gasteiger partial charge in [0.1, 0.15) is 0 Å². The summed E-state index contributed by atoms with van der Waals surface area (Å²) in [5, 5.41) is 12.4. The van der Waals surface area contributed by atoms with E-state index in [1.165, 1.54) is 12.8 Å².